The molecule has 1 nitrogen and oxygen atoms in total. The third-order valence-electron chi connectivity index (χ3n) is 2.39. The average molecular weight is 182 g/mol. The first-order chi connectivity index (χ1) is 6.20. The van der Waals surface area contributed by atoms with E-state index in [-0.39, 0.29) is 0 Å². The SMILES string of the molecule is CC[C@@H](C)C[C@@H](C)/C=C/CCC=O. The highest BCUT2D eigenvalue weighted by Crippen LogP contribution is 2.15. The molecule has 0 aliphatic heterocycles. The van der Waals surface area contributed by atoms with Crippen LogP contribution in [0, 0.1) is 11.8 Å². The van der Waals surface area contributed by atoms with Crippen LogP contribution < -0.4 is 0 Å². The number of aldehydes is 1. The summed E-state index contributed by atoms with van der Waals surface area (Å²) in [6.45, 7) is 6.76. The van der Waals surface area contributed by atoms with Crippen LogP contribution in [-0.2, 0) is 4.79 Å². The standard InChI is InChI=1S/C12H22O/c1-4-11(2)10-12(3)8-6-5-7-9-13/h6,8-9,11-12H,4-5,7,10H2,1-3H3/b8-6+/t11-,12+/m1/s1. The smallest absolute Gasteiger partial charge is 0.120 e. The number of carbonyl (C=O) groups is 1. The Morgan fingerprint density at radius 3 is 2.46 bits per heavy atom. The van der Waals surface area contributed by atoms with Gasteiger partial charge in [0.05, 0.1) is 0 Å². The van der Waals surface area contributed by atoms with Crippen molar-refractivity contribution in [1.29, 1.82) is 0 Å². The lowest BCUT2D eigenvalue weighted by atomic mass is 9.95. The number of allylic oxidation sites excluding steroid dienone is 2. The van der Waals surface area contributed by atoms with Gasteiger partial charge in [-0.1, -0.05) is 39.3 Å². The zero-order chi connectivity index (χ0) is 10.1. The van der Waals surface area contributed by atoms with Gasteiger partial charge in [-0.15, -0.1) is 0 Å². The van der Waals surface area contributed by atoms with E-state index in [2.05, 4.69) is 32.9 Å². The largest absolute Gasteiger partial charge is 0.303 e. The van der Waals surface area contributed by atoms with Crippen LogP contribution in [0.25, 0.3) is 0 Å². The van der Waals surface area contributed by atoms with Crippen molar-refractivity contribution in [2.75, 3.05) is 0 Å². The molecular weight excluding hydrogens is 160 g/mol. The predicted octanol–water partition coefficient (Wildman–Crippen LogP) is 3.59. The van der Waals surface area contributed by atoms with Crippen LogP contribution in [0.1, 0.15) is 46.5 Å². The molecule has 0 N–H and O–H groups in total. The molecule has 0 radical (unpaired) electrons. The van der Waals surface area contributed by atoms with E-state index in [0.717, 1.165) is 18.6 Å². The minimum Gasteiger partial charge on any atom is -0.303 e. The van der Waals surface area contributed by atoms with E-state index in [1.165, 1.54) is 12.8 Å². The number of hydrogen-bond donors (Lipinski definition) is 0. The van der Waals surface area contributed by atoms with Crippen molar-refractivity contribution in [1.82, 2.24) is 0 Å². The molecule has 0 bridgehead atoms. The van der Waals surface area contributed by atoms with Crippen molar-refractivity contribution in [2.45, 2.75) is 46.5 Å². The third-order valence-corrected chi connectivity index (χ3v) is 2.39. The molecule has 0 aliphatic rings. The first kappa shape index (κ1) is 12.4. The molecule has 13 heavy (non-hydrogen) atoms. The molecule has 0 amide bonds. The minimum absolute atomic E-state index is 0.654. The number of carbonyl (C=O) groups excluding carboxylic acids is 1. The summed E-state index contributed by atoms with van der Waals surface area (Å²) in [5.74, 6) is 1.47. The summed E-state index contributed by atoms with van der Waals surface area (Å²) in [6, 6.07) is 0. The van der Waals surface area contributed by atoms with Crippen molar-refractivity contribution in [2.24, 2.45) is 11.8 Å². The second-order valence-corrected chi connectivity index (χ2v) is 3.90. The van der Waals surface area contributed by atoms with Crippen molar-refractivity contribution in [3.8, 4) is 0 Å². The van der Waals surface area contributed by atoms with Crippen LogP contribution in [0.4, 0.5) is 0 Å². The first-order valence-electron chi connectivity index (χ1n) is 5.31. The van der Waals surface area contributed by atoms with Gasteiger partial charge >= 0.3 is 0 Å². The van der Waals surface area contributed by atoms with E-state index in [4.69, 9.17) is 0 Å². The summed E-state index contributed by atoms with van der Waals surface area (Å²) in [6.07, 6.45) is 9.41. The van der Waals surface area contributed by atoms with E-state index >= 15 is 0 Å². The van der Waals surface area contributed by atoms with Crippen LogP contribution >= 0.6 is 0 Å². The fraction of sp³-hybridized carbons (Fsp3) is 0.750. The normalized spacial score (nSPS) is 15.9. The maximum atomic E-state index is 10.0. The third kappa shape index (κ3) is 7.76. The number of rotatable bonds is 7. The molecule has 0 aromatic rings. The lowest BCUT2D eigenvalue weighted by Gasteiger charge is -2.11. The Hall–Kier alpha value is -0.590. The van der Waals surface area contributed by atoms with Gasteiger partial charge in [-0.3, -0.25) is 0 Å². The molecule has 0 unspecified atom stereocenters. The summed E-state index contributed by atoms with van der Waals surface area (Å²) in [5.41, 5.74) is 0. The highest BCUT2D eigenvalue weighted by Gasteiger charge is 2.02. The first-order valence-corrected chi connectivity index (χ1v) is 5.31. The quantitative estimate of drug-likeness (QED) is 0.334. The number of unbranched alkanes of at least 4 members (excludes halogenated alkanes) is 1. The summed E-state index contributed by atoms with van der Waals surface area (Å²) in [5, 5.41) is 0. The lowest BCUT2D eigenvalue weighted by Crippen LogP contribution is -1.99. The van der Waals surface area contributed by atoms with E-state index in [1.54, 1.807) is 0 Å². The Morgan fingerprint density at radius 2 is 1.92 bits per heavy atom. The molecule has 0 heterocycles. The Labute approximate surface area is 82.2 Å². The van der Waals surface area contributed by atoms with Crippen molar-refractivity contribution in [3.63, 3.8) is 0 Å². The van der Waals surface area contributed by atoms with Gasteiger partial charge in [0.1, 0.15) is 6.29 Å². The molecule has 76 valence electrons. The fourth-order valence-electron chi connectivity index (χ4n) is 1.37. The maximum absolute atomic E-state index is 10.0. The summed E-state index contributed by atoms with van der Waals surface area (Å²) in [7, 11) is 0. The minimum atomic E-state index is 0.654. The van der Waals surface area contributed by atoms with Gasteiger partial charge in [0.15, 0.2) is 0 Å². The highest BCUT2D eigenvalue weighted by atomic mass is 16.1. The lowest BCUT2D eigenvalue weighted by molar-refractivity contribution is -0.107. The van der Waals surface area contributed by atoms with Gasteiger partial charge in [0, 0.05) is 6.42 Å². The Morgan fingerprint density at radius 1 is 1.23 bits per heavy atom. The highest BCUT2D eigenvalue weighted by molar-refractivity contribution is 5.49. The van der Waals surface area contributed by atoms with Crippen LogP contribution in [0.15, 0.2) is 12.2 Å². The Balaban J connectivity index is 3.53. The topological polar surface area (TPSA) is 17.1 Å². The van der Waals surface area contributed by atoms with Crippen LogP contribution in [0.3, 0.4) is 0 Å². The Kier molecular flexibility index (Phi) is 7.66. The molecule has 0 spiro atoms. The molecule has 1 heteroatoms. The zero-order valence-corrected chi connectivity index (χ0v) is 9.12. The van der Waals surface area contributed by atoms with Gasteiger partial charge in [0.25, 0.3) is 0 Å². The van der Waals surface area contributed by atoms with Crippen LogP contribution in [-0.4, -0.2) is 6.29 Å². The maximum Gasteiger partial charge on any atom is 0.120 e. The van der Waals surface area contributed by atoms with Crippen LogP contribution in [0.5, 0.6) is 0 Å². The average Bonchev–Trinajstić information content (AvgIpc) is 2.12. The predicted molar refractivity (Wildman–Crippen MR) is 57.7 cm³/mol. The van der Waals surface area contributed by atoms with Gasteiger partial charge in [-0.25, -0.2) is 0 Å². The van der Waals surface area contributed by atoms with E-state index < -0.39 is 0 Å². The molecule has 0 saturated heterocycles. The Bertz CT molecular complexity index is 149. The van der Waals surface area contributed by atoms with Crippen molar-refractivity contribution < 1.29 is 4.79 Å². The summed E-state index contributed by atoms with van der Waals surface area (Å²) in [4.78, 5) is 10.0. The molecular formula is C12H22O. The van der Waals surface area contributed by atoms with Gasteiger partial charge in [-0.2, -0.15) is 0 Å². The second kappa shape index (κ2) is 8.03. The fourth-order valence-corrected chi connectivity index (χ4v) is 1.37. The molecule has 0 aromatic carbocycles. The van der Waals surface area contributed by atoms with E-state index in [0.29, 0.717) is 12.3 Å². The summed E-state index contributed by atoms with van der Waals surface area (Å²) >= 11 is 0. The molecule has 0 saturated carbocycles. The van der Waals surface area contributed by atoms with Crippen LogP contribution in [0.2, 0.25) is 0 Å². The second-order valence-electron chi connectivity index (χ2n) is 3.90. The molecule has 0 rings (SSSR count). The van der Waals surface area contributed by atoms with Crippen molar-refractivity contribution >= 4 is 6.29 Å². The van der Waals surface area contributed by atoms with Gasteiger partial charge in [0.2, 0.25) is 0 Å². The molecule has 0 fully saturated rings. The van der Waals surface area contributed by atoms with E-state index in [1.807, 2.05) is 0 Å². The molecule has 2 atom stereocenters. The van der Waals surface area contributed by atoms with Crippen molar-refractivity contribution in [3.05, 3.63) is 12.2 Å². The summed E-state index contributed by atoms with van der Waals surface area (Å²) < 4.78 is 0. The van der Waals surface area contributed by atoms with Gasteiger partial charge < -0.3 is 4.79 Å². The molecule has 0 aliphatic carbocycles. The molecule has 0 aromatic heterocycles. The van der Waals surface area contributed by atoms with Gasteiger partial charge in [-0.05, 0) is 24.7 Å². The monoisotopic (exact) mass is 182 g/mol. The number of hydrogen-bond acceptors (Lipinski definition) is 1. The van der Waals surface area contributed by atoms with E-state index in [9.17, 15) is 4.79 Å². The zero-order valence-electron chi connectivity index (χ0n) is 9.12.